The zero-order valence-corrected chi connectivity index (χ0v) is 15.2. The number of rotatable bonds is 4. The first-order chi connectivity index (χ1) is 13.5. The third-order valence-electron chi connectivity index (χ3n) is 4.24. The van der Waals surface area contributed by atoms with Gasteiger partial charge in [-0.15, -0.1) is 0 Å². The van der Waals surface area contributed by atoms with Crippen molar-refractivity contribution < 1.29 is 12.8 Å². The van der Waals surface area contributed by atoms with E-state index in [0.717, 1.165) is 16.8 Å². The Kier molecular flexibility index (Phi) is 4.29. The summed E-state index contributed by atoms with van der Waals surface area (Å²) in [7, 11) is -4.03. The first-order valence-corrected chi connectivity index (χ1v) is 9.71. The summed E-state index contributed by atoms with van der Waals surface area (Å²) in [5, 5.41) is 10.6. The molecule has 0 spiro atoms. The molecule has 0 saturated carbocycles. The van der Waals surface area contributed by atoms with Crippen LogP contribution in [0.4, 0.5) is 10.1 Å². The van der Waals surface area contributed by atoms with Crippen LogP contribution >= 0.6 is 0 Å². The van der Waals surface area contributed by atoms with Crippen LogP contribution in [-0.4, -0.2) is 18.4 Å². The van der Waals surface area contributed by atoms with E-state index in [-0.39, 0.29) is 16.1 Å². The molecule has 0 fully saturated rings. The van der Waals surface area contributed by atoms with Crippen LogP contribution < -0.4 is 4.72 Å². The predicted octanol–water partition coefficient (Wildman–Crippen LogP) is 4.04. The highest BCUT2D eigenvalue weighted by molar-refractivity contribution is 7.92. The molecule has 0 saturated heterocycles. The molecule has 0 bridgehead atoms. The maximum absolute atomic E-state index is 14.0. The molecule has 2 aromatic heterocycles. The minimum absolute atomic E-state index is 0.0546. The summed E-state index contributed by atoms with van der Waals surface area (Å²) in [5.74, 6) is -0.825. The average Bonchev–Trinajstić information content (AvgIpc) is 3.20. The van der Waals surface area contributed by atoms with E-state index < -0.39 is 15.8 Å². The van der Waals surface area contributed by atoms with Gasteiger partial charge >= 0.3 is 0 Å². The molecule has 0 atom stereocenters. The van der Waals surface area contributed by atoms with Crippen molar-refractivity contribution in [1.82, 2.24) is 9.97 Å². The van der Waals surface area contributed by atoms with Crippen LogP contribution in [0.5, 0.6) is 0 Å². The minimum atomic E-state index is -4.03. The van der Waals surface area contributed by atoms with Crippen LogP contribution in [0.25, 0.3) is 22.2 Å². The quantitative estimate of drug-likeness (QED) is 0.547. The monoisotopic (exact) mass is 392 g/mol. The number of H-pyrrole nitrogens is 1. The number of anilines is 1. The van der Waals surface area contributed by atoms with E-state index in [1.165, 1.54) is 24.4 Å². The first kappa shape index (κ1) is 17.7. The van der Waals surface area contributed by atoms with Crippen molar-refractivity contribution in [3.05, 3.63) is 78.4 Å². The standard InChI is InChI=1S/C20H13FN4O2S/c21-17-9-13(11-22)5-6-18(17)25-28(26,27)15-10-19(24-12-15)20-16-4-2-1-3-14(16)7-8-23-20/h1-10,12,24-25H. The third kappa shape index (κ3) is 3.19. The second-order valence-corrected chi connectivity index (χ2v) is 7.72. The molecule has 0 amide bonds. The van der Waals surface area contributed by atoms with E-state index in [1.54, 1.807) is 12.3 Å². The van der Waals surface area contributed by atoms with Crippen molar-refractivity contribution in [3.63, 3.8) is 0 Å². The van der Waals surface area contributed by atoms with E-state index in [4.69, 9.17) is 5.26 Å². The summed E-state index contributed by atoms with van der Waals surface area (Å²) in [6.07, 6.45) is 2.97. The van der Waals surface area contributed by atoms with Gasteiger partial charge in [-0.05, 0) is 35.7 Å². The van der Waals surface area contributed by atoms with Gasteiger partial charge in [0.1, 0.15) is 10.7 Å². The van der Waals surface area contributed by atoms with Crippen LogP contribution in [0.3, 0.4) is 0 Å². The highest BCUT2D eigenvalue weighted by Crippen LogP contribution is 2.28. The Balaban J connectivity index is 1.69. The Hall–Kier alpha value is -3.70. The zero-order valence-electron chi connectivity index (χ0n) is 14.3. The maximum atomic E-state index is 14.0. The molecule has 2 aromatic carbocycles. The maximum Gasteiger partial charge on any atom is 0.263 e. The lowest BCUT2D eigenvalue weighted by molar-refractivity contribution is 0.598. The van der Waals surface area contributed by atoms with E-state index in [1.807, 2.05) is 30.3 Å². The highest BCUT2D eigenvalue weighted by atomic mass is 32.2. The van der Waals surface area contributed by atoms with Gasteiger partial charge in [0.05, 0.1) is 28.7 Å². The van der Waals surface area contributed by atoms with E-state index >= 15 is 0 Å². The van der Waals surface area contributed by atoms with Crippen molar-refractivity contribution in [2.24, 2.45) is 0 Å². The molecular weight excluding hydrogens is 379 g/mol. The van der Waals surface area contributed by atoms with Crippen LogP contribution in [0, 0.1) is 17.1 Å². The van der Waals surface area contributed by atoms with Gasteiger partial charge in [0.25, 0.3) is 10.0 Å². The number of nitrogens with zero attached hydrogens (tertiary/aromatic N) is 2. The highest BCUT2D eigenvalue weighted by Gasteiger charge is 2.19. The Morgan fingerprint density at radius 3 is 2.71 bits per heavy atom. The number of fused-ring (bicyclic) bond motifs is 1. The van der Waals surface area contributed by atoms with Gasteiger partial charge in [-0.25, -0.2) is 12.8 Å². The molecule has 6 nitrogen and oxygen atoms in total. The fourth-order valence-electron chi connectivity index (χ4n) is 2.87. The molecule has 138 valence electrons. The molecule has 2 heterocycles. The van der Waals surface area contributed by atoms with Crippen molar-refractivity contribution in [2.75, 3.05) is 4.72 Å². The summed E-state index contributed by atoms with van der Waals surface area (Å²) in [6.45, 7) is 0. The number of aromatic amines is 1. The molecule has 0 aliphatic rings. The Morgan fingerprint density at radius 2 is 1.93 bits per heavy atom. The molecule has 0 aliphatic heterocycles. The number of nitrogens with one attached hydrogen (secondary N) is 2. The van der Waals surface area contributed by atoms with E-state index in [0.29, 0.717) is 11.4 Å². The predicted molar refractivity (Wildman–Crippen MR) is 103 cm³/mol. The Labute approximate surface area is 160 Å². The molecule has 0 aliphatic carbocycles. The second kappa shape index (κ2) is 6.79. The first-order valence-electron chi connectivity index (χ1n) is 8.23. The molecule has 2 N–H and O–H groups in total. The number of hydrogen-bond acceptors (Lipinski definition) is 4. The summed E-state index contributed by atoms with van der Waals surface area (Å²) in [5.41, 5.74) is 1.01. The van der Waals surface area contributed by atoms with Gasteiger partial charge in [0, 0.05) is 17.8 Å². The lowest BCUT2D eigenvalue weighted by Crippen LogP contribution is -2.13. The van der Waals surface area contributed by atoms with Crippen molar-refractivity contribution in [2.45, 2.75) is 4.90 Å². The van der Waals surface area contributed by atoms with Gasteiger partial charge < -0.3 is 4.98 Å². The van der Waals surface area contributed by atoms with Crippen LogP contribution in [0.1, 0.15) is 5.56 Å². The van der Waals surface area contributed by atoms with Gasteiger partial charge in [0.2, 0.25) is 0 Å². The van der Waals surface area contributed by atoms with Gasteiger partial charge in [-0.1, -0.05) is 24.3 Å². The topological polar surface area (TPSA) is 98.6 Å². The number of hydrogen-bond donors (Lipinski definition) is 2. The van der Waals surface area contributed by atoms with Gasteiger partial charge in [-0.2, -0.15) is 5.26 Å². The fraction of sp³-hybridized carbons (Fsp3) is 0. The average molecular weight is 392 g/mol. The molecule has 8 heteroatoms. The molecule has 0 radical (unpaired) electrons. The number of benzene rings is 2. The van der Waals surface area contributed by atoms with Gasteiger partial charge in [-0.3, -0.25) is 9.71 Å². The lowest BCUT2D eigenvalue weighted by Gasteiger charge is -2.07. The molecule has 28 heavy (non-hydrogen) atoms. The van der Waals surface area contributed by atoms with Crippen LogP contribution in [-0.2, 0) is 10.0 Å². The third-order valence-corrected chi connectivity index (χ3v) is 5.58. The molecule has 0 unspecified atom stereocenters. The minimum Gasteiger partial charge on any atom is -0.359 e. The van der Waals surface area contributed by atoms with Crippen molar-refractivity contribution in [1.29, 1.82) is 5.26 Å². The summed E-state index contributed by atoms with van der Waals surface area (Å²) < 4.78 is 41.5. The molecule has 4 rings (SSSR count). The Morgan fingerprint density at radius 1 is 1.11 bits per heavy atom. The van der Waals surface area contributed by atoms with Gasteiger partial charge in [0.15, 0.2) is 0 Å². The lowest BCUT2D eigenvalue weighted by atomic mass is 10.1. The van der Waals surface area contributed by atoms with Crippen molar-refractivity contribution in [3.8, 4) is 17.5 Å². The number of pyridine rings is 1. The number of aromatic nitrogens is 2. The summed E-state index contributed by atoms with van der Waals surface area (Å²) in [4.78, 5) is 7.22. The Bertz CT molecular complexity index is 1330. The normalized spacial score (nSPS) is 11.3. The zero-order chi connectivity index (χ0) is 19.7. The summed E-state index contributed by atoms with van der Waals surface area (Å²) >= 11 is 0. The van der Waals surface area contributed by atoms with E-state index in [9.17, 15) is 12.8 Å². The largest absolute Gasteiger partial charge is 0.359 e. The van der Waals surface area contributed by atoms with Crippen molar-refractivity contribution >= 4 is 26.5 Å². The smallest absolute Gasteiger partial charge is 0.263 e. The van der Waals surface area contributed by atoms with Crippen LogP contribution in [0.15, 0.2) is 71.9 Å². The van der Waals surface area contributed by atoms with E-state index in [2.05, 4.69) is 14.7 Å². The molecule has 4 aromatic rings. The second-order valence-electron chi connectivity index (χ2n) is 6.04. The fourth-order valence-corrected chi connectivity index (χ4v) is 3.93. The molecular formula is C20H13FN4O2S. The number of halogens is 1. The SMILES string of the molecule is N#Cc1ccc(NS(=O)(=O)c2c[nH]c(-c3nccc4ccccc34)c2)c(F)c1. The number of sulfonamides is 1. The number of nitriles is 1. The van der Waals surface area contributed by atoms with Crippen LogP contribution in [0.2, 0.25) is 0 Å². The summed E-state index contributed by atoms with van der Waals surface area (Å²) in [6, 6.07) is 16.3.